The van der Waals surface area contributed by atoms with Crippen molar-refractivity contribution in [3.63, 3.8) is 0 Å². The van der Waals surface area contributed by atoms with Crippen molar-refractivity contribution in [1.29, 1.82) is 0 Å². The van der Waals surface area contributed by atoms with Crippen LogP contribution >= 0.6 is 0 Å². The maximum Gasteiger partial charge on any atom is 0.632 e. The topological polar surface area (TPSA) is 18.5 Å². The van der Waals surface area contributed by atoms with E-state index < -0.39 is 0 Å². The van der Waals surface area contributed by atoms with Gasteiger partial charge in [-0.05, 0) is 12.5 Å². The Morgan fingerprint density at radius 2 is 1.75 bits per heavy atom. The van der Waals surface area contributed by atoms with Gasteiger partial charge in [-0.1, -0.05) is 24.3 Å². The van der Waals surface area contributed by atoms with Crippen molar-refractivity contribution in [3.8, 4) is 0 Å². The van der Waals surface area contributed by atoms with Crippen molar-refractivity contribution >= 4 is 12.6 Å². The summed E-state index contributed by atoms with van der Waals surface area (Å²) in [5.41, 5.74) is 2.27. The summed E-state index contributed by atoms with van der Waals surface area (Å²) in [6.45, 7) is 2.04. The summed E-state index contributed by atoms with van der Waals surface area (Å²) >= 11 is 0. The molecule has 0 unspecified atom stereocenters. The number of aryl methyl sites for hydroxylation is 1. The van der Waals surface area contributed by atoms with Crippen LogP contribution in [0.5, 0.6) is 0 Å². The second-order valence-electron chi connectivity index (χ2n) is 2.73. The fourth-order valence-corrected chi connectivity index (χ4v) is 1.24. The molecule has 0 atom stereocenters. The average Bonchev–Trinajstić information content (AvgIpc) is 2.57. The highest BCUT2D eigenvalue weighted by Crippen LogP contribution is 2.04. The molecule has 0 amide bonds. The Kier molecular flexibility index (Phi) is 1.78. The van der Waals surface area contributed by atoms with Crippen LogP contribution in [0.3, 0.4) is 0 Å². The van der Waals surface area contributed by atoms with Crippen LogP contribution < -0.4 is 5.46 Å². The van der Waals surface area contributed by atoms with E-state index in [1.165, 1.54) is 5.56 Å². The van der Waals surface area contributed by atoms with E-state index in [2.05, 4.69) is 0 Å². The van der Waals surface area contributed by atoms with Gasteiger partial charge in [-0.3, -0.25) is 0 Å². The van der Waals surface area contributed by atoms with Crippen molar-refractivity contribution in [2.45, 2.75) is 6.92 Å². The predicted molar refractivity (Wildman–Crippen MR) is 47.9 cm³/mol. The first kappa shape index (κ1) is 7.28. The van der Waals surface area contributed by atoms with Gasteiger partial charge >= 0.3 is 7.12 Å². The standard InChI is InChI=1S/C9H9BO2/c1-8-4-2-3-5-9(8)10-11-6-7-12-10/h2-7H,1H3. The molecule has 1 aliphatic rings. The zero-order chi connectivity index (χ0) is 8.39. The summed E-state index contributed by atoms with van der Waals surface area (Å²) < 4.78 is 10.4. The third kappa shape index (κ3) is 1.18. The van der Waals surface area contributed by atoms with Crippen LogP contribution in [0.4, 0.5) is 0 Å². The minimum Gasteiger partial charge on any atom is -0.525 e. The van der Waals surface area contributed by atoms with Crippen LogP contribution in [0.1, 0.15) is 5.56 Å². The Hall–Kier alpha value is -1.38. The minimum atomic E-state index is -0.244. The van der Waals surface area contributed by atoms with Gasteiger partial charge in [-0.2, -0.15) is 0 Å². The smallest absolute Gasteiger partial charge is 0.525 e. The molecule has 0 bridgehead atoms. The molecular weight excluding hydrogens is 151 g/mol. The van der Waals surface area contributed by atoms with Gasteiger partial charge < -0.3 is 9.31 Å². The summed E-state index contributed by atoms with van der Waals surface area (Å²) in [6.07, 6.45) is 3.13. The molecule has 1 aliphatic heterocycles. The lowest BCUT2D eigenvalue weighted by Gasteiger charge is -2.06. The molecule has 2 nitrogen and oxygen atoms in total. The van der Waals surface area contributed by atoms with E-state index in [-0.39, 0.29) is 7.12 Å². The molecule has 0 aromatic heterocycles. The molecule has 60 valence electrons. The highest BCUT2D eigenvalue weighted by molar-refractivity contribution is 6.62. The van der Waals surface area contributed by atoms with Gasteiger partial charge in [0, 0.05) is 5.46 Å². The first-order chi connectivity index (χ1) is 5.88. The van der Waals surface area contributed by atoms with Gasteiger partial charge in [-0.25, -0.2) is 0 Å². The lowest BCUT2D eigenvalue weighted by Crippen LogP contribution is -2.33. The molecule has 0 N–H and O–H groups in total. The number of hydrogen-bond acceptors (Lipinski definition) is 2. The number of hydrogen-bond donors (Lipinski definition) is 0. The molecule has 0 radical (unpaired) electrons. The van der Waals surface area contributed by atoms with Gasteiger partial charge in [0.05, 0.1) is 12.5 Å². The summed E-state index contributed by atoms with van der Waals surface area (Å²) in [4.78, 5) is 0. The van der Waals surface area contributed by atoms with Gasteiger partial charge in [0.2, 0.25) is 0 Å². The van der Waals surface area contributed by atoms with Crippen LogP contribution in [0.25, 0.3) is 0 Å². The lowest BCUT2D eigenvalue weighted by molar-refractivity contribution is 0.423. The maximum atomic E-state index is 5.22. The summed E-state index contributed by atoms with van der Waals surface area (Å²) in [5.74, 6) is 0. The molecule has 0 spiro atoms. The first-order valence-corrected chi connectivity index (χ1v) is 3.89. The fraction of sp³-hybridized carbons (Fsp3) is 0.111. The lowest BCUT2D eigenvalue weighted by atomic mass is 9.76. The Morgan fingerprint density at radius 1 is 1.08 bits per heavy atom. The Balaban J connectivity index is 2.27. The van der Waals surface area contributed by atoms with Crippen LogP contribution in [-0.2, 0) is 9.31 Å². The summed E-state index contributed by atoms with van der Waals surface area (Å²) in [7, 11) is -0.244. The highest BCUT2D eigenvalue weighted by Gasteiger charge is 2.27. The minimum absolute atomic E-state index is 0.244. The zero-order valence-corrected chi connectivity index (χ0v) is 6.86. The zero-order valence-electron chi connectivity index (χ0n) is 6.86. The monoisotopic (exact) mass is 160 g/mol. The van der Waals surface area contributed by atoms with Crippen LogP contribution in [0.15, 0.2) is 36.8 Å². The van der Waals surface area contributed by atoms with E-state index >= 15 is 0 Å². The Labute approximate surface area is 72.0 Å². The molecule has 0 saturated heterocycles. The van der Waals surface area contributed by atoms with Gasteiger partial charge in [0.15, 0.2) is 0 Å². The van der Waals surface area contributed by atoms with E-state index in [0.717, 1.165) is 5.46 Å². The van der Waals surface area contributed by atoms with Crippen molar-refractivity contribution < 1.29 is 9.31 Å². The first-order valence-electron chi connectivity index (χ1n) is 3.89. The second kappa shape index (κ2) is 2.93. The molecule has 1 heterocycles. The predicted octanol–water partition coefficient (Wildman–Crippen LogP) is 1.21. The quantitative estimate of drug-likeness (QED) is 0.574. The van der Waals surface area contributed by atoms with Crippen LogP contribution in [0.2, 0.25) is 0 Å². The molecule has 1 aromatic rings. The molecule has 2 rings (SSSR count). The Bertz CT molecular complexity index is 301. The van der Waals surface area contributed by atoms with Gasteiger partial charge in [-0.15, -0.1) is 0 Å². The molecular formula is C9H9BO2. The van der Waals surface area contributed by atoms with E-state index in [9.17, 15) is 0 Å². The Morgan fingerprint density at radius 3 is 2.42 bits per heavy atom. The van der Waals surface area contributed by atoms with Crippen molar-refractivity contribution in [1.82, 2.24) is 0 Å². The summed E-state index contributed by atoms with van der Waals surface area (Å²) in [5, 5.41) is 0. The third-order valence-electron chi connectivity index (χ3n) is 1.90. The van der Waals surface area contributed by atoms with Crippen molar-refractivity contribution in [3.05, 3.63) is 42.4 Å². The normalized spacial score (nSPS) is 14.2. The largest absolute Gasteiger partial charge is 0.632 e. The SMILES string of the molecule is Cc1ccccc1B1OC=CO1. The molecule has 0 saturated carbocycles. The van der Waals surface area contributed by atoms with Gasteiger partial charge in [0.25, 0.3) is 0 Å². The molecule has 0 aliphatic carbocycles. The van der Waals surface area contributed by atoms with E-state index in [0.29, 0.717) is 0 Å². The molecule has 12 heavy (non-hydrogen) atoms. The molecule has 3 heteroatoms. The number of rotatable bonds is 1. The van der Waals surface area contributed by atoms with Crippen molar-refractivity contribution in [2.75, 3.05) is 0 Å². The maximum absolute atomic E-state index is 5.22. The fourth-order valence-electron chi connectivity index (χ4n) is 1.24. The van der Waals surface area contributed by atoms with Crippen LogP contribution in [-0.4, -0.2) is 7.12 Å². The molecule has 1 aromatic carbocycles. The molecule has 0 fully saturated rings. The van der Waals surface area contributed by atoms with Crippen LogP contribution in [0, 0.1) is 6.92 Å². The second-order valence-corrected chi connectivity index (χ2v) is 2.73. The van der Waals surface area contributed by atoms with E-state index in [4.69, 9.17) is 9.31 Å². The van der Waals surface area contributed by atoms with E-state index in [1.54, 1.807) is 12.5 Å². The van der Waals surface area contributed by atoms with Gasteiger partial charge in [0.1, 0.15) is 0 Å². The summed E-state index contributed by atoms with van der Waals surface area (Å²) in [6, 6.07) is 8.03. The van der Waals surface area contributed by atoms with Crippen molar-refractivity contribution in [2.24, 2.45) is 0 Å². The average molecular weight is 160 g/mol. The highest BCUT2D eigenvalue weighted by atomic mass is 16.6. The van der Waals surface area contributed by atoms with E-state index in [1.807, 2.05) is 31.2 Å². The number of benzene rings is 1. The third-order valence-corrected chi connectivity index (χ3v) is 1.90.